The Hall–Kier alpha value is -1.01. The molecule has 4 nitrogen and oxygen atoms in total. The highest BCUT2D eigenvalue weighted by Crippen LogP contribution is 2.24. The Bertz CT molecular complexity index is 586. The molecule has 0 aliphatic carbocycles. The van der Waals surface area contributed by atoms with Crippen molar-refractivity contribution in [1.82, 2.24) is 15.6 Å². The Morgan fingerprint density at radius 1 is 1.45 bits per heavy atom. The number of hydrogen-bond acceptors (Lipinski definition) is 5. The molecule has 0 radical (unpaired) electrons. The number of β-amino-alcohol motifs (C(OH)–C–C–N with tert-alkyl or cyclic N) is 1. The minimum atomic E-state index is -0.322. The van der Waals surface area contributed by atoms with Gasteiger partial charge in [-0.15, -0.1) is 11.3 Å². The second-order valence-corrected chi connectivity index (χ2v) is 7.90. The van der Waals surface area contributed by atoms with E-state index in [1.807, 2.05) is 6.07 Å². The Morgan fingerprint density at radius 2 is 2.27 bits per heavy atom. The molecule has 1 aliphatic rings. The molecule has 0 saturated carbocycles. The van der Waals surface area contributed by atoms with E-state index in [2.05, 4.69) is 42.7 Å². The molecule has 0 bridgehead atoms. The molecule has 2 heterocycles. The van der Waals surface area contributed by atoms with Crippen LogP contribution in [0.15, 0.2) is 24.3 Å². The zero-order valence-corrected chi connectivity index (χ0v) is 14.1. The third-order valence-corrected chi connectivity index (χ3v) is 5.32. The maximum atomic E-state index is 10.3. The molecule has 0 unspecified atom stereocenters. The quantitative estimate of drug-likeness (QED) is 0.765. The number of rotatable bonds is 6. The van der Waals surface area contributed by atoms with Crippen LogP contribution in [0.2, 0.25) is 0 Å². The molecule has 22 heavy (non-hydrogen) atoms. The highest BCUT2D eigenvalue weighted by molar-refractivity contribution is 7.18. The summed E-state index contributed by atoms with van der Waals surface area (Å²) in [4.78, 5) is 4.71. The molecular weight excluding hydrogens is 294 g/mol. The molecule has 0 amide bonds. The van der Waals surface area contributed by atoms with E-state index in [4.69, 9.17) is 4.98 Å². The van der Waals surface area contributed by atoms with Crippen molar-refractivity contribution >= 4 is 21.6 Å². The number of benzene rings is 1. The first-order chi connectivity index (χ1) is 10.5. The van der Waals surface area contributed by atoms with Crippen LogP contribution in [-0.2, 0) is 6.42 Å². The predicted molar refractivity (Wildman–Crippen MR) is 92.4 cm³/mol. The van der Waals surface area contributed by atoms with Crippen molar-refractivity contribution < 1.29 is 5.11 Å². The van der Waals surface area contributed by atoms with Crippen molar-refractivity contribution in [2.45, 2.75) is 50.8 Å². The average molecular weight is 319 g/mol. The normalized spacial score (nSPS) is 20.6. The van der Waals surface area contributed by atoms with Gasteiger partial charge < -0.3 is 15.7 Å². The lowest BCUT2D eigenvalue weighted by Crippen LogP contribution is -2.49. The van der Waals surface area contributed by atoms with Crippen LogP contribution in [-0.4, -0.2) is 40.9 Å². The lowest BCUT2D eigenvalue weighted by Gasteiger charge is -2.28. The molecule has 1 saturated heterocycles. The molecule has 120 valence electrons. The van der Waals surface area contributed by atoms with Gasteiger partial charge in [-0.05, 0) is 45.4 Å². The zero-order valence-electron chi connectivity index (χ0n) is 13.3. The smallest absolute Gasteiger partial charge is 0.0956 e. The topological polar surface area (TPSA) is 57.2 Å². The molecule has 1 aromatic heterocycles. The molecule has 1 aromatic carbocycles. The van der Waals surface area contributed by atoms with Gasteiger partial charge in [0.25, 0.3) is 0 Å². The number of para-hydroxylation sites is 1. The standard InChI is InChI=1S/C17H25N3OS/c1-17(2,19-11-14(21)12-7-5-9-18-12)10-16-20-13-6-3-4-8-15(13)22-16/h3-4,6,8,12,14,18-19,21H,5,7,9-11H2,1-2H3/t12-,14-/m1/s1. The number of aromatic nitrogens is 1. The van der Waals surface area contributed by atoms with Gasteiger partial charge in [0.15, 0.2) is 0 Å². The molecular formula is C17H25N3OS. The summed E-state index contributed by atoms with van der Waals surface area (Å²) in [7, 11) is 0. The van der Waals surface area contributed by atoms with Gasteiger partial charge in [0.05, 0.1) is 21.3 Å². The highest BCUT2D eigenvalue weighted by Gasteiger charge is 2.26. The number of aliphatic hydroxyl groups is 1. The molecule has 1 aliphatic heterocycles. The Morgan fingerprint density at radius 3 is 3.00 bits per heavy atom. The van der Waals surface area contributed by atoms with Gasteiger partial charge in [-0.3, -0.25) is 0 Å². The first kappa shape index (κ1) is 15.9. The number of aliphatic hydroxyl groups excluding tert-OH is 1. The van der Waals surface area contributed by atoms with Crippen LogP contribution in [0.1, 0.15) is 31.7 Å². The van der Waals surface area contributed by atoms with Crippen LogP contribution in [0.3, 0.4) is 0 Å². The minimum absolute atomic E-state index is 0.0759. The van der Waals surface area contributed by atoms with Crippen molar-refractivity contribution in [2.75, 3.05) is 13.1 Å². The second kappa shape index (κ2) is 6.62. The third kappa shape index (κ3) is 3.84. The maximum Gasteiger partial charge on any atom is 0.0956 e. The Kier molecular flexibility index (Phi) is 4.78. The molecule has 1 fully saturated rings. The van der Waals surface area contributed by atoms with Gasteiger partial charge in [0.2, 0.25) is 0 Å². The summed E-state index contributed by atoms with van der Waals surface area (Å²) in [5, 5.41) is 18.3. The molecule has 3 N–H and O–H groups in total. The van der Waals surface area contributed by atoms with Crippen molar-refractivity contribution in [3.05, 3.63) is 29.3 Å². The number of nitrogens with zero attached hydrogens (tertiary/aromatic N) is 1. The predicted octanol–water partition coefficient (Wildman–Crippen LogP) is 2.32. The SMILES string of the molecule is CC(C)(Cc1nc2ccccc2s1)NC[C@@H](O)[C@H]1CCCN1. The third-order valence-electron chi connectivity index (χ3n) is 4.28. The molecule has 3 rings (SSSR count). The van der Waals surface area contributed by atoms with Gasteiger partial charge in [-0.1, -0.05) is 12.1 Å². The van der Waals surface area contributed by atoms with Crippen LogP contribution in [0.5, 0.6) is 0 Å². The first-order valence-electron chi connectivity index (χ1n) is 8.04. The number of hydrogen-bond donors (Lipinski definition) is 3. The molecule has 2 aromatic rings. The second-order valence-electron chi connectivity index (χ2n) is 6.79. The number of nitrogens with one attached hydrogen (secondary N) is 2. The fourth-order valence-corrected chi connectivity index (χ4v) is 4.19. The van der Waals surface area contributed by atoms with Crippen LogP contribution in [0, 0.1) is 0 Å². The number of fused-ring (bicyclic) bond motifs is 1. The maximum absolute atomic E-state index is 10.3. The summed E-state index contributed by atoms with van der Waals surface area (Å²) >= 11 is 1.76. The van der Waals surface area contributed by atoms with Crippen molar-refractivity contribution in [3.63, 3.8) is 0 Å². The summed E-state index contributed by atoms with van der Waals surface area (Å²) in [6.45, 7) is 5.99. The van der Waals surface area contributed by atoms with Crippen molar-refractivity contribution in [1.29, 1.82) is 0 Å². The van der Waals surface area contributed by atoms with Gasteiger partial charge in [-0.25, -0.2) is 4.98 Å². The summed E-state index contributed by atoms with van der Waals surface area (Å²) < 4.78 is 1.24. The Labute approximate surface area is 136 Å². The largest absolute Gasteiger partial charge is 0.390 e. The van der Waals surface area contributed by atoms with E-state index < -0.39 is 0 Å². The minimum Gasteiger partial charge on any atom is -0.390 e. The lowest BCUT2D eigenvalue weighted by atomic mass is 10.00. The van der Waals surface area contributed by atoms with Crippen molar-refractivity contribution in [2.24, 2.45) is 0 Å². The fourth-order valence-electron chi connectivity index (χ4n) is 3.00. The van der Waals surface area contributed by atoms with Gasteiger partial charge >= 0.3 is 0 Å². The summed E-state index contributed by atoms with van der Waals surface area (Å²) in [6, 6.07) is 8.50. The highest BCUT2D eigenvalue weighted by atomic mass is 32.1. The first-order valence-corrected chi connectivity index (χ1v) is 8.86. The van der Waals surface area contributed by atoms with Crippen LogP contribution in [0.25, 0.3) is 10.2 Å². The Balaban J connectivity index is 1.57. The fraction of sp³-hybridized carbons (Fsp3) is 0.588. The van der Waals surface area contributed by atoms with Gasteiger partial charge in [-0.2, -0.15) is 0 Å². The monoisotopic (exact) mass is 319 g/mol. The van der Waals surface area contributed by atoms with E-state index in [-0.39, 0.29) is 17.7 Å². The summed E-state index contributed by atoms with van der Waals surface area (Å²) in [5.41, 5.74) is 1.00. The van der Waals surface area contributed by atoms with E-state index in [0.29, 0.717) is 6.54 Å². The van der Waals surface area contributed by atoms with E-state index in [1.165, 1.54) is 4.70 Å². The zero-order chi connectivity index (χ0) is 15.6. The average Bonchev–Trinajstić information content (AvgIpc) is 3.12. The van der Waals surface area contributed by atoms with Gasteiger partial charge in [0.1, 0.15) is 0 Å². The molecule has 2 atom stereocenters. The van der Waals surface area contributed by atoms with E-state index >= 15 is 0 Å². The van der Waals surface area contributed by atoms with Crippen molar-refractivity contribution in [3.8, 4) is 0 Å². The van der Waals surface area contributed by atoms with Crippen LogP contribution >= 0.6 is 11.3 Å². The van der Waals surface area contributed by atoms with E-state index in [0.717, 1.165) is 36.3 Å². The number of thiazole rings is 1. The van der Waals surface area contributed by atoms with Crippen LogP contribution < -0.4 is 10.6 Å². The molecule has 5 heteroatoms. The van der Waals surface area contributed by atoms with E-state index in [1.54, 1.807) is 11.3 Å². The van der Waals surface area contributed by atoms with E-state index in [9.17, 15) is 5.11 Å². The summed E-state index contributed by atoms with van der Waals surface area (Å²) in [6.07, 6.45) is 2.78. The van der Waals surface area contributed by atoms with Gasteiger partial charge in [0, 0.05) is 24.5 Å². The summed E-state index contributed by atoms with van der Waals surface area (Å²) in [5.74, 6) is 0. The van der Waals surface area contributed by atoms with Crippen LogP contribution in [0.4, 0.5) is 0 Å². The molecule has 0 spiro atoms. The lowest BCUT2D eigenvalue weighted by molar-refractivity contribution is 0.123.